The van der Waals surface area contributed by atoms with E-state index in [0.717, 1.165) is 56.6 Å². The number of rotatable bonds is 8. The predicted octanol–water partition coefficient (Wildman–Crippen LogP) is 5.32. The summed E-state index contributed by atoms with van der Waals surface area (Å²) in [5.74, 6) is 2.32. The van der Waals surface area contributed by atoms with Crippen molar-refractivity contribution < 1.29 is 19.5 Å². The summed E-state index contributed by atoms with van der Waals surface area (Å²) in [5, 5.41) is 27.8. The smallest absolute Gasteiger partial charge is 0.228 e. The van der Waals surface area contributed by atoms with Crippen LogP contribution in [0.2, 0.25) is 0 Å². The lowest BCUT2D eigenvalue weighted by atomic mass is 9.49. The van der Waals surface area contributed by atoms with Crippen LogP contribution in [0.4, 0.5) is 0 Å². The summed E-state index contributed by atoms with van der Waals surface area (Å²) in [6.07, 6.45) is 8.54. The molecular formula is C33H43N3O4. The Hall–Kier alpha value is -2.74. The van der Waals surface area contributed by atoms with Gasteiger partial charge in [0.05, 0.1) is 5.60 Å². The monoisotopic (exact) mass is 545 g/mol. The molecule has 0 radical (unpaired) electrons. The fraction of sp³-hybridized carbons (Fsp3) is 0.576. The van der Waals surface area contributed by atoms with E-state index in [4.69, 9.17) is 9.26 Å². The van der Waals surface area contributed by atoms with Gasteiger partial charge >= 0.3 is 0 Å². The van der Waals surface area contributed by atoms with E-state index in [1.54, 1.807) is 0 Å². The molecule has 7 nitrogen and oxygen atoms in total. The van der Waals surface area contributed by atoms with Crippen molar-refractivity contribution in [2.75, 3.05) is 19.6 Å². The number of piperidine rings is 1. The summed E-state index contributed by atoms with van der Waals surface area (Å²) >= 11 is 0. The standard InChI is InChI=1S/C33H43N3O4/c1-3-32-23-31(2,37)33(38,25-10-6-4-7-11-25)21-26(32)13-12-24-20-27(14-15-28(24)32)39-22-29-34-30(40-35-29)16-19-36-17-8-5-9-18-36/h4,6-7,10-11,14-15,20,26,37-38H,3,5,8-9,12-13,16-19,21-23H2,1-2H3. The summed E-state index contributed by atoms with van der Waals surface area (Å²) in [5.41, 5.74) is 0.647. The highest BCUT2D eigenvalue weighted by molar-refractivity contribution is 5.45. The lowest BCUT2D eigenvalue weighted by molar-refractivity contribution is -0.205. The third-order valence-corrected chi connectivity index (χ3v) is 10.1. The van der Waals surface area contributed by atoms with Crippen LogP contribution in [0, 0.1) is 5.92 Å². The molecule has 7 heteroatoms. The number of aliphatic hydroxyl groups is 2. The number of aromatic nitrogens is 2. The number of benzene rings is 2. The third-order valence-electron chi connectivity index (χ3n) is 10.1. The van der Waals surface area contributed by atoms with Crippen molar-refractivity contribution in [3.8, 4) is 5.75 Å². The zero-order valence-corrected chi connectivity index (χ0v) is 23.9. The minimum atomic E-state index is -1.27. The van der Waals surface area contributed by atoms with Crippen LogP contribution in [-0.4, -0.2) is 50.5 Å². The van der Waals surface area contributed by atoms with Gasteiger partial charge in [0.2, 0.25) is 11.7 Å². The zero-order chi connectivity index (χ0) is 27.8. The molecule has 2 aliphatic carbocycles. The van der Waals surface area contributed by atoms with Crippen LogP contribution in [0.15, 0.2) is 53.1 Å². The first-order valence-electron chi connectivity index (χ1n) is 15.1. The van der Waals surface area contributed by atoms with Crippen molar-refractivity contribution in [3.05, 3.63) is 76.9 Å². The van der Waals surface area contributed by atoms with E-state index in [2.05, 4.69) is 34.1 Å². The van der Waals surface area contributed by atoms with Gasteiger partial charge in [-0.3, -0.25) is 0 Å². The molecule has 214 valence electrons. The molecule has 2 fully saturated rings. The van der Waals surface area contributed by atoms with Crippen molar-refractivity contribution in [1.82, 2.24) is 15.0 Å². The summed E-state index contributed by atoms with van der Waals surface area (Å²) in [6.45, 7) is 7.58. The van der Waals surface area contributed by atoms with E-state index in [1.807, 2.05) is 43.3 Å². The molecule has 0 spiro atoms. The zero-order valence-electron chi connectivity index (χ0n) is 23.9. The molecule has 1 aromatic heterocycles. The quantitative estimate of drug-likeness (QED) is 0.396. The summed E-state index contributed by atoms with van der Waals surface area (Å²) in [7, 11) is 0. The van der Waals surface area contributed by atoms with Crippen molar-refractivity contribution in [3.63, 3.8) is 0 Å². The molecule has 4 unspecified atom stereocenters. The highest BCUT2D eigenvalue weighted by atomic mass is 16.5. The van der Waals surface area contributed by atoms with Gasteiger partial charge in [0, 0.05) is 18.4 Å². The van der Waals surface area contributed by atoms with Gasteiger partial charge in [0.15, 0.2) is 6.61 Å². The van der Waals surface area contributed by atoms with Crippen LogP contribution < -0.4 is 4.74 Å². The maximum absolute atomic E-state index is 11.9. The number of hydrogen-bond acceptors (Lipinski definition) is 7. The van der Waals surface area contributed by atoms with E-state index in [0.29, 0.717) is 24.6 Å². The molecule has 1 aliphatic heterocycles. The van der Waals surface area contributed by atoms with E-state index in [-0.39, 0.29) is 17.9 Å². The number of likely N-dealkylation sites (tertiary alicyclic amines) is 1. The second kappa shape index (κ2) is 10.9. The molecule has 2 N–H and O–H groups in total. The minimum Gasteiger partial charge on any atom is -0.485 e. The molecule has 3 aromatic rings. The van der Waals surface area contributed by atoms with Crippen LogP contribution in [0.25, 0.3) is 0 Å². The van der Waals surface area contributed by atoms with Crippen molar-refractivity contribution >= 4 is 0 Å². The van der Waals surface area contributed by atoms with E-state index < -0.39 is 11.2 Å². The number of ether oxygens (including phenoxy) is 1. The summed E-state index contributed by atoms with van der Waals surface area (Å²) in [6, 6.07) is 16.1. The van der Waals surface area contributed by atoms with Crippen molar-refractivity contribution in [2.45, 2.75) is 94.9 Å². The van der Waals surface area contributed by atoms with Gasteiger partial charge in [-0.15, -0.1) is 0 Å². The van der Waals surface area contributed by atoms with Crippen molar-refractivity contribution in [2.24, 2.45) is 5.92 Å². The number of aryl methyl sites for hydroxylation is 1. The lowest BCUT2D eigenvalue weighted by Gasteiger charge is -2.59. The number of hydrogen-bond donors (Lipinski definition) is 2. The summed E-state index contributed by atoms with van der Waals surface area (Å²) < 4.78 is 11.6. The Balaban J connectivity index is 1.15. The Morgan fingerprint density at radius 3 is 2.65 bits per heavy atom. The first kappa shape index (κ1) is 27.4. The summed E-state index contributed by atoms with van der Waals surface area (Å²) in [4.78, 5) is 7.02. The molecule has 1 saturated carbocycles. The topological polar surface area (TPSA) is 91.8 Å². The van der Waals surface area contributed by atoms with Gasteiger partial charge in [-0.05, 0) is 99.7 Å². The van der Waals surface area contributed by atoms with Gasteiger partial charge in [0.25, 0.3) is 0 Å². The Labute approximate surface area is 237 Å². The highest BCUT2D eigenvalue weighted by Gasteiger charge is 2.60. The molecule has 4 atom stereocenters. The molecule has 0 bridgehead atoms. The Kier molecular flexibility index (Phi) is 7.49. The molecule has 2 heterocycles. The Morgan fingerprint density at radius 2 is 1.88 bits per heavy atom. The molecule has 2 aromatic carbocycles. The average Bonchev–Trinajstić information content (AvgIpc) is 3.44. The maximum Gasteiger partial charge on any atom is 0.228 e. The van der Waals surface area contributed by atoms with Crippen LogP contribution in [0.3, 0.4) is 0 Å². The van der Waals surface area contributed by atoms with Crippen molar-refractivity contribution in [1.29, 1.82) is 0 Å². The van der Waals surface area contributed by atoms with Gasteiger partial charge in [0.1, 0.15) is 11.4 Å². The maximum atomic E-state index is 11.9. The van der Waals surface area contributed by atoms with Crippen LogP contribution in [0.1, 0.15) is 87.2 Å². The SMILES string of the molecule is CCC12CC(C)(O)C(O)(c3ccccc3)CC1CCc1cc(OCc3noc(CCN4CCCCC4)n3)ccc12. The van der Waals surface area contributed by atoms with Gasteiger partial charge < -0.3 is 24.4 Å². The molecule has 6 rings (SSSR count). The fourth-order valence-corrected chi connectivity index (χ4v) is 7.83. The largest absolute Gasteiger partial charge is 0.485 e. The van der Waals surface area contributed by atoms with Gasteiger partial charge in [-0.1, -0.05) is 54.9 Å². The van der Waals surface area contributed by atoms with Crippen LogP contribution in [0.5, 0.6) is 5.75 Å². The Morgan fingerprint density at radius 1 is 1.07 bits per heavy atom. The van der Waals surface area contributed by atoms with E-state index in [9.17, 15) is 10.2 Å². The first-order valence-corrected chi connectivity index (χ1v) is 15.1. The number of nitrogens with zero attached hydrogens (tertiary/aromatic N) is 3. The average molecular weight is 546 g/mol. The van der Waals surface area contributed by atoms with Crippen LogP contribution >= 0.6 is 0 Å². The molecule has 40 heavy (non-hydrogen) atoms. The predicted molar refractivity (Wildman–Crippen MR) is 153 cm³/mol. The molecule has 1 saturated heterocycles. The molecule has 0 amide bonds. The lowest BCUT2D eigenvalue weighted by Crippen LogP contribution is -2.62. The normalized spacial score (nSPS) is 30.4. The molecular weight excluding hydrogens is 502 g/mol. The van der Waals surface area contributed by atoms with E-state index in [1.165, 1.54) is 30.4 Å². The number of fused-ring (bicyclic) bond motifs is 3. The third kappa shape index (κ3) is 4.97. The van der Waals surface area contributed by atoms with Crippen LogP contribution in [-0.2, 0) is 30.5 Å². The van der Waals surface area contributed by atoms with Gasteiger partial charge in [-0.25, -0.2) is 0 Å². The highest BCUT2D eigenvalue weighted by Crippen LogP contribution is 2.60. The second-order valence-corrected chi connectivity index (χ2v) is 12.5. The Bertz CT molecular complexity index is 1300. The second-order valence-electron chi connectivity index (χ2n) is 12.5. The minimum absolute atomic E-state index is 0.187. The van der Waals surface area contributed by atoms with Gasteiger partial charge in [-0.2, -0.15) is 4.98 Å². The first-order chi connectivity index (χ1) is 19.3. The fourth-order valence-electron chi connectivity index (χ4n) is 7.83. The van der Waals surface area contributed by atoms with E-state index >= 15 is 0 Å². The molecule has 3 aliphatic rings.